The lowest BCUT2D eigenvalue weighted by Gasteiger charge is -2.21. The summed E-state index contributed by atoms with van der Waals surface area (Å²) in [6.07, 6.45) is 3.24. The van der Waals surface area contributed by atoms with Crippen molar-refractivity contribution in [1.29, 1.82) is 0 Å². The van der Waals surface area contributed by atoms with E-state index in [-0.39, 0.29) is 10.8 Å². The van der Waals surface area contributed by atoms with E-state index in [0.717, 1.165) is 5.56 Å². The molecule has 0 fully saturated rings. The minimum Gasteiger partial charge on any atom is -0.331 e. The second-order valence-corrected chi connectivity index (χ2v) is 8.09. The highest BCUT2D eigenvalue weighted by molar-refractivity contribution is 7.92. The van der Waals surface area contributed by atoms with Gasteiger partial charge in [-0.3, -0.25) is 9.10 Å². The fraction of sp³-hybridized carbons (Fsp3) is 0.190. The molecule has 0 saturated heterocycles. The van der Waals surface area contributed by atoms with Crippen molar-refractivity contribution in [2.24, 2.45) is 0 Å². The monoisotopic (exact) mass is 384 g/mol. The van der Waals surface area contributed by atoms with Crippen LogP contribution >= 0.6 is 0 Å². The summed E-state index contributed by atoms with van der Waals surface area (Å²) < 4.78 is 27.2. The smallest absolute Gasteiger partial charge is 0.264 e. The van der Waals surface area contributed by atoms with Crippen LogP contribution in [0.2, 0.25) is 0 Å². The molecule has 27 heavy (non-hydrogen) atoms. The van der Waals surface area contributed by atoms with Crippen molar-refractivity contribution in [2.75, 3.05) is 24.4 Å². The quantitative estimate of drug-likeness (QED) is 0.653. The zero-order valence-electron chi connectivity index (χ0n) is 15.6. The van der Waals surface area contributed by atoms with Gasteiger partial charge < -0.3 is 4.90 Å². The molecule has 0 aromatic heterocycles. The first-order chi connectivity index (χ1) is 12.8. The second kappa shape index (κ2) is 8.68. The van der Waals surface area contributed by atoms with Gasteiger partial charge in [0.1, 0.15) is 0 Å². The molecule has 0 N–H and O–H groups in total. The van der Waals surface area contributed by atoms with Gasteiger partial charge >= 0.3 is 0 Å². The van der Waals surface area contributed by atoms with Crippen molar-refractivity contribution in [3.05, 3.63) is 85.0 Å². The van der Waals surface area contributed by atoms with Gasteiger partial charge in [0.2, 0.25) is 0 Å². The number of hydrogen-bond donors (Lipinski definition) is 0. The summed E-state index contributed by atoms with van der Waals surface area (Å²) in [4.78, 5) is 14.3. The molecule has 0 spiro atoms. The van der Waals surface area contributed by atoms with E-state index in [1.807, 2.05) is 19.1 Å². The van der Waals surface area contributed by atoms with Crippen molar-refractivity contribution in [3.8, 4) is 0 Å². The van der Waals surface area contributed by atoms with E-state index < -0.39 is 10.0 Å². The van der Waals surface area contributed by atoms with Crippen molar-refractivity contribution >= 4 is 21.6 Å². The lowest BCUT2D eigenvalue weighted by atomic mass is 10.2. The van der Waals surface area contributed by atoms with Gasteiger partial charge in [-0.1, -0.05) is 35.9 Å². The van der Waals surface area contributed by atoms with Gasteiger partial charge in [-0.2, -0.15) is 0 Å². The highest BCUT2D eigenvalue weighted by atomic mass is 32.2. The van der Waals surface area contributed by atoms with Crippen LogP contribution in [-0.4, -0.2) is 39.4 Å². The minimum atomic E-state index is -3.79. The van der Waals surface area contributed by atoms with E-state index >= 15 is 0 Å². The third-order valence-electron chi connectivity index (χ3n) is 4.12. The number of carbonyl (C=O) groups is 1. The summed E-state index contributed by atoms with van der Waals surface area (Å²) in [5, 5.41) is 0. The molecule has 0 atom stereocenters. The molecule has 1 amide bonds. The maximum absolute atomic E-state index is 13.0. The normalized spacial score (nSPS) is 10.9. The number of hydrogen-bond acceptors (Lipinski definition) is 3. The molecule has 2 aromatic carbocycles. The average molecular weight is 385 g/mol. The second-order valence-electron chi connectivity index (χ2n) is 6.12. The first kappa shape index (κ1) is 20.5. The Morgan fingerprint density at radius 3 is 2.19 bits per heavy atom. The highest BCUT2D eigenvalue weighted by Crippen LogP contribution is 2.23. The Morgan fingerprint density at radius 1 is 1.04 bits per heavy atom. The third-order valence-corrected chi connectivity index (χ3v) is 5.90. The predicted octanol–water partition coefficient (Wildman–Crippen LogP) is 3.63. The fourth-order valence-electron chi connectivity index (χ4n) is 2.58. The molecule has 0 unspecified atom stereocenters. The number of anilines is 1. The molecule has 5 nitrogen and oxygen atoms in total. The van der Waals surface area contributed by atoms with Gasteiger partial charge in [-0.05, 0) is 37.3 Å². The molecule has 0 aliphatic heterocycles. The van der Waals surface area contributed by atoms with Gasteiger partial charge in [0, 0.05) is 25.7 Å². The van der Waals surface area contributed by atoms with Gasteiger partial charge in [0.25, 0.3) is 15.9 Å². The highest BCUT2D eigenvalue weighted by Gasteiger charge is 2.23. The molecular weight excluding hydrogens is 360 g/mol. The van der Waals surface area contributed by atoms with Crippen LogP contribution in [0.4, 0.5) is 5.69 Å². The Morgan fingerprint density at radius 2 is 1.63 bits per heavy atom. The van der Waals surface area contributed by atoms with E-state index in [2.05, 4.69) is 13.2 Å². The SMILES string of the molecule is C=CCN(CC=C)C(=O)c1cccc(S(=O)(=O)N(C)c2ccc(C)cc2)c1. The topological polar surface area (TPSA) is 57.7 Å². The van der Waals surface area contributed by atoms with Crippen LogP contribution in [-0.2, 0) is 10.0 Å². The first-order valence-corrected chi connectivity index (χ1v) is 9.92. The van der Waals surface area contributed by atoms with Gasteiger partial charge in [0.05, 0.1) is 10.6 Å². The molecule has 0 radical (unpaired) electrons. The summed E-state index contributed by atoms with van der Waals surface area (Å²) >= 11 is 0. The molecule has 142 valence electrons. The Balaban J connectivity index is 2.37. The van der Waals surface area contributed by atoms with Gasteiger partial charge in [0.15, 0.2) is 0 Å². The molecule has 2 aromatic rings. The van der Waals surface area contributed by atoms with Crippen LogP contribution in [0.5, 0.6) is 0 Å². The van der Waals surface area contributed by atoms with Crippen LogP contribution in [0.1, 0.15) is 15.9 Å². The molecule has 0 aliphatic rings. The molecule has 2 rings (SSSR count). The maximum atomic E-state index is 13.0. The van der Waals surface area contributed by atoms with Crippen molar-refractivity contribution in [3.63, 3.8) is 0 Å². The lowest BCUT2D eigenvalue weighted by molar-refractivity contribution is 0.0790. The van der Waals surface area contributed by atoms with Gasteiger partial charge in [-0.15, -0.1) is 13.2 Å². The van der Waals surface area contributed by atoms with Crippen LogP contribution in [0.15, 0.2) is 78.7 Å². The molecule has 6 heteroatoms. The Hall–Kier alpha value is -2.86. The summed E-state index contributed by atoms with van der Waals surface area (Å²) in [5.74, 6) is -0.273. The van der Waals surface area contributed by atoms with Crippen molar-refractivity contribution < 1.29 is 13.2 Å². The number of carbonyl (C=O) groups excluding carboxylic acids is 1. The van der Waals surface area contributed by atoms with Gasteiger partial charge in [-0.25, -0.2) is 8.42 Å². The first-order valence-electron chi connectivity index (χ1n) is 8.48. The third kappa shape index (κ3) is 4.65. The summed E-state index contributed by atoms with van der Waals surface area (Å²) in [5.41, 5.74) is 1.90. The summed E-state index contributed by atoms with van der Waals surface area (Å²) in [7, 11) is -2.29. The molecule has 0 aliphatic carbocycles. The number of aryl methyl sites for hydroxylation is 1. The van der Waals surface area contributed by atoms with E-state index in [1.165, 1.54) is 28.4 Å². The Labute approximate surface area is 161 Å². The lowest BCUT2D eigenvalue weighted by Crippen LogP contribution is -2.32. The number of benzene rings is 2. The van der Waals surface area contributed by atoms with E-state index in [0.29, 0.717) is 24.3 Å². The number of sulfonamides is 1. The standard InChI is InChI=1S/C21H24N2O3S/c1-5-14-23(15-6-2)21(24)18-8-7-9-20(16-18)27(25,26)22(4)19-12-10-17(3)11-13-19/h5-13,16H,1-2,14-15H2,3-4H3. The maximum Gasteiger partial charge on any atom is 0.264 e. The van der Waals surface area contributed by atoms with Crippen molar-refractivity contribution in [1.82, 2.24) is 4.90 Å². The Kier molecular flexibility index (Phi) is 6.58. The molecule has 0 bridgehead atoms. The van der Waals surface area contributed by atoms with Crippen LogP contribution in [0, 0.1) is 6.92 Å². The van der Waals surface area contributed by atoms with E-state index in [1.54, 1.807) is 36.4 Å². The largest absolute Gasteiger partial charge is 0.331 e. The van der Waals surface area contributed by atoms with Crippen LogP contribution < -0.4 is 4.31 Å². The summed E-state index contributed by atoms with van der Waals surface area (Å²) in [6.45, 7) is 9.94. The van der Waals surface area contributed by atoms with E-state index in [4.69, 9.17) is 0 Å². The Bertz CT molecular complexity index is 924. The zero-order chi connectivity index (χ0) is 20.0. The summed E-state index contributed by atoms with van der Waals surface area (Å²) in [6, 6.07) is 13.3. The minimum absolute atomic E-state index is 0.0635. The molecule has 0 heterocycles. The van der Waals surface area contributed by atoms with Crippen LogP contribution in [0.25, 0.3) is 0 Å². The van der Waals surface area contributed by atoms with Crippen LogP contribution in [0.3, 0.4) is 0 Å². The zero-order valence-corrected chi connectivity index (χ0v) is 16.4. The molecule has 0 saturated carbocycles. The molecular formula is C21H24N2O3S. The number of nitrogens with zero attached hydrogens (tertiary/aromatic N) is 2. The fourth-order valence-corrected chi connectivity index (χ4v) is 3.82. The average Bonchev–Trinajstić information content (AvgIpc) is 2.67. The van der Waals surface area contributed by atoms with E-state index in [9.17, 15) is 13.2 Å². The predicted molar refractivity (Wildman–Crippen MR) is 110 cm³/mol. The van der Waals surface area contributed by atoms with Crippen molar-refractivity contribution in [2.45, 2.75) is 11.8 Å². The number of amides is 1. The number of rotatable bonds is 8.